The van der Waals surface area contributed by atoms with Gasteiger partial charge in [0.15, 0.2) is 0 Å². The Morgan fingerprint density at radius 3 is 2.53 bits per heavy atom. The Balaban J connectivity index is 2.10. The summed E-state index contributed by atoms with van der Waals surface area (Å²) >= 11 is 6.14. The molecule has 2 aromatic rings. The first-order valence-electron chi connectivity index (χ1n) is 6.10. The fraction of sp³-hybridized carbons (Fsp3) is 0.188. The lowest BCUT2D eigenvalue weighted by Gasteiger charge is -2.10. The molecule has 0 saturated carbocycles. The summed E-state index contributed by atoms with van der Waals surface area (Å²) in [5, 5.41) is 12.8. The van der Waals surface area contributed by atoms with Crippen LogP contribution in [0.2, 0.25) is 5.02 Å². The molecule has 0 aromatic heterocycles. The fourth-order valence-corrected chi connectivity index (χ4v) is 2.06. The normalized spacial score (nSPS) is 10.0. The summed E-state index contributed by atoms with van der Waals surface area (Å²) in [7, 11) is 0. The lowest BCUT2D eigenvalue weighted by molar-refractivity contribution is 1.14. The number of aryl methyl sites for hydroxylation is 2. The zero-order valence-corrected chi connectivity index (χ0v) is 11.8. The van der Waals surface area contributed by atoms with Crippen LogP contribution in [0.4, 0.5) is 5.69 Å². The van der Waals surface area contributed by atoms with Crippen molar-refractivity contribution in [2.75, 3.05) is 5.32 Å². The summed E-state index contributed by atoms with van der Waals surface area (Å²) in [6.07, 6.45) is 0. The van der Waals surface area contributed by atoms with Crippen LogP contribution < -0.4 is 5.32 Å². The first kappa shape index (κ1) is 13.5. The van der Waals surface area contributed by atoms with Crippen molar-refractivity contribution in [1.82, 2.24) is 0 Å². The van der Waals surface area contributed by atoms with Crippen molar-refractivity contribution in [2.24, 2.45) is 0 Å². The van der Waals surface area contributed by atoms with E-state index < -0.39 is 0 Å². The lowest BCUT2D eigenvalue weighted by atomic mass is 10.1. The second-order valence-electron chi connectivity index (χ2n) is 4.57. The van der Waals surface area contributed by atoms with E-state index in [2.05, 4.69) is 43.4 Å². The van der Waals surface area contributed by atoms with Gasteiger partial charge in [-0.05, 0) is 54.8 Å². The molecule has 0 aliphatic carbocycles. The molecule has 3 heteroatoms. The molecule has 96 valence electrons. The number of nitriles is 1. The van der Waals surface area contributed by atoms with E-state index in [9.17, 15) is 0 Å². The summed E-state index contributed by atoms with van der Waals surface area (Å²) in [4.78, 5) is 0. The number of nitrogens with zero attached hydrogens (tertiary/aromatic N) is 1. The van der Waals surface area contributed by atoms with E-state index in [4.69, 9.17) is 16.9 Å². The van der Waals surface area contributed by atoms with Crippen LogP contribution >= 0.6 is 11.6 Å². The van der Waals surface area contributed by atoms with Crippen molar-refractivity contribution in [1.29, 1.82) is 5.26 Å². The van der Waals surface area contributed by atoms with Crippen LogP contribution in [0, 0.1) is 25.2 Å². The average molecular weight is 271 g/mol. The smallest absolute Gasteiger partial charge is 0.0992 e. The molecule has 0 amide bonds. The first-order chi connectivity index (χ1) is 9.10. The number of hydrogen-bond donors (Lipinski definition) is 1. The predicted octanol–water partition coefficient (Wildman–Crippen LogP) is 4.44. The molecule has 0 atom stereocenters. The van der Waals surface area contributed by atoms with E-state index in [1.54, 1.807) is 12.1 Å². The summed E-state index contributed by atoms with van der Waals surface area (Å²) in [5.74, 6) is 0. The van der Waals surface area contributed by atoms with Crippen molar-refractivity contribution in [3.8, 4) is 6.07 Å². The van der Waals surface area contributed by atoms with Crippen LogP contribution in [0.1, 0.15) is 22.3 Å². The van der Waals surface area contributed by atoms with Gasteiger partial charge in [0.25, 0.3) is 0 Å². The molecule has 1 N–H and O–H groups in total. The second kappa shape index (κ2) is 5.77. The number of benzene rings is 2. The molecule has 0 fully saturated rings. The monoisotopic (exact) mass is 270 g/mol. The van der Waals surface area contributed by atoms with Crippen LogP contribution in [-0.2, 0) is 6.54 Å². The minimum atomic E-state index is 0.583. The van der Waals surface area contributed by atoms with Gasteiger partial charge in [-0.25, -0.2) is 0 Å². The zero-order valence-electron chi connectivity index (χ0n) is 11.0. The van der Waals surface area contributed by atoms with E-state index in [1.807, 2.05) is 6.07 Å². The van der Waals surface area contributed by atoms with E-state index in [0.717, 1.165) is 11.3 Å². The van der Waals surface area contributed by atoms with Crippen molar-refractivity contribution < 1.29 is 0 Å². The third-order valence-corrected chi connectivity index (χ3v) is 3.52. The number of halogens is 1. The summed E-state index contributed by atoms with van der Waals surface area (Å²) < 4.78 is 0. The summed E-state index contributed by atoms with van der Waals surface area (Å²) in [6, 6.07) is 13.7. The van der Waals surface area contributed by atoms with E-state index in [0.29, 0.717) is 17.1 Å². The minimum Gasteiger partial charge on any atom is -0.381 e. The van der Waals surface area contributed by atoms with Gasteiger partial charge in [-0.2, -0.15) is 5.26 Å². The molecule has 2 aromatic carbocycles. The lowest BCUT2D eigenvalue weighted by Crippen LogP contribution is -2.00. The molecule has 19 heavy (non-hydrogen) atoms. The molecule has 2 nitrogen and oxygen atoms in total. The third kappa shape index (κ3) is 3.27. The first-order valence-corrected chi connectivity index (χ1v) is 6.47. The molecule has 2 rings (SSSR count). The van der Waals surface area contributed by atoms with Crippen LogP contribution in [0.5, 0.6) is 0 Å². The zero-order chi connectivity index (χ0) is 13.8. The Bertz CT molecular complexity index is 642. The number of anilines is 1. The largest absolute Gasteiger partial charge is 0.381 e. The quantitative estimate of drug-likeness (QED) is 0.895. The molecule has 0 spiro atoms. The van der Waals surface area contributed by atoms with Crippen LogP contribution in [0.15, 0.2) is 36.4 Å². The van der Waals surface area contributed by atoms with Gasteiger partial charge >= 0.3 is 0 Å². The Hall–Kier alpha value is -1.98. The van der Waals surface area contributed by atoms with Gasteiger partial charge in [-0.3, -0.25) is 0 Å². The van der Waals surface area contributed by atoms with E-state index in [-0.39, 0.29) is 0 Å². The Labute approximate surface area is 118 Å². The standard InChI is InChI=1S/C16H15ClN2/c1-11-3-6-15(7-12(11)2)19-10-14-5-4-13(9-18)8-16(14)17/h3-8,19H,10H2,1-2H3. The predicted molar refractivity (Wildman–Crippen MR) is 79.4 cm³/mol. The summed E-state index contributed by atoms with van der Waals surface area (Å²) in [5.41, 5.74) is 5.18. The van der Waals surface area contributed by atoms with Crippen LogP contribution in [0.3, 0.4) is 0 Å². The molecule has 0 saturated heterocycles. The number of nitrogens with one attached hydrogen (secondary N) is 1. The number of rotatable bonds is 3. The van der Waals surface area contributed by atoms with E-state index in [1.165, 1.54) is 11.1 Å². The maximum Gasteiger partial charge on any atom is 0.0992 e. The van der Waals surface area contributed by atoms with Gasteiger partial charge in [-0.15, -0.1) is 0 Å². The Kier molecular flexibility index (Phi) is 4.09. The fourth-order valence-electron chi connectivity index (χ4n) is 1.81. The van der Waals surface area contributed by atoms with Gasteiger partial charge in [-0.1, -0.05) is 23.7 Å². The molecule has 0 bridgehead atoms. The molecular formula is C16H15ClN2. The molecule has 0 radical (unpaired) electrons. The second-order valence-corrected chi connectivity index (χ2v) is 4.98. The topological polar surface area (TPSA) is 35.8 Å². The highest BCUT2D eigenvalue weighted by molar-refractivity contribution is 6.31. The highest BCUT2D eigenvalue weighted by Crippen LogP contribution is 2.20. The Morgan fingerprint density at radius 1 is 1.11 bits per heavy atom. The van der Waals surface area contributed by atoms with Gasteiger partial charge in [0.1, 0.15) is 0 Å². The molecule has 0 unspecified atom stereocenters. The van der Waals surface area contributed by atoms with Crippen molar-refractivity contribution in [3.05, 3.63) is 63.7 Å². The average Bonchev–Trinajstić information content (AvgIpc) is 2.41. The van der Waals surface area contributed by atoms with Crippen LogP contribution in [0.25, 0.3) is 0 Å². The third-order valence-electron chi connectivity index (χ3n) is 3.17. The van der Waals surface area contributed by atoms with Crippen molar-refractivity contribution >= 4 is 17.3 Å². The highest BCUT2D eigenvalue weighted by Gasteiger charge is 2.02. The van der Waals surface area contributed by atoms with Crippen molar-refractivity contribution in [2.45, 2.75) is 20.4 Å². The van der Waals surface area contributed by atoms with Gasteiger partial charge < -0.3 is 5.32 Å². The summed E-state index contributed by atoms with van der Waals surface area (Å²) in [6.45, 7) is 4.83. The van der Waals surface area contributed by atoms with E-state index >= 15 is 0 Å². The van der Waals surface area contributed by atoms with Gasteiger partial charge in [0.2, 0.25) is 0 Å². The molecular weight excluding hydrogens is 256 g/mol. The molecule has 0 aliphatic rings. The molecule has 0 heterocycles. The maximum atomic E-state index is 8.79. The highest BCUT2D eigenvalue weighted by atomic mass is 35.5. The van der Waals surface area contributed by atoms with Crippen molar-refractivity contribution in [3.63, 3.8) is 0 Å². The minimum absolute atomic E-state index is 0.583. The number of hydrogen-bond acceptors (Lipinski definition) is 2. The Morgan fingerprint density at radius 2 is 1.89 bits per heavy atom. The van der Waals surface area contributed by atoms with Crippen LogP contribution in [-0.4, -0.2) is 0 Å². The molecule has 0 aliphatic heterocycles. The SMILES string of the molecule is Cc1ccc(NCc2ccc(C#N)cc2Cl)cc1C. The maximum absolute atomic E-state index is 8.79. The van der Waals surface area contributed by atoms with Gasteiger partial charge in [0.05, 0.1) is 11.6 Å². The van der Waals surface area contributed by atoms with Gasteiger partial charge in [0, 0.05) is 17.3 Å².